The Morgan fingerprint density at radius 3 is 2.35 bits per heavy atom. The summed E-state index contributed by atoms with van der Waals surface area (Å²) in [5.41, 5.74) is 2.78. The molecule has 1 aliphatic rings. The molecular formula is C25H21Br2NO3. The Morgan fingerprint density at radius 1 is 0.968 bits per heavy atom. The molecule has 3 aromatic rings. The Hall–Kier alpha value is -2.28. The molecular weight excluding hydrogens is 522 g/mol. The minimum Gasteiger partial charge on any atom is -0.375 e. The number of hydrogen-bond acceptors (Lipinski definition) is 3. The van der Waals surface area contributed by atoms with Crippen LogP contribution in [0.2, 0.25) is 0 Å². The molecule has 1 N–H and O–H groups in total. The number of ketones is 1. The molecule has 0 aromatic heterocycles. The number of carbonyl (C=O) groups excluding carboxylic acids is 2. The van der Waals surface area contributed by atoms with E-state index in [2.05, 4.69) is 31.9 Å². The van der Waals surface area contributed by atoms with Gasteiger partial charge in [0.25, 0.3) is 5.91 Å². The average molecular weight is 543 g/mol. The fourth-order valence-corrected chi connectivity index (χ4v) is 4.59. The molecule has 3 aromatic carbocycles. The molecule has 31 heavy (non-hydrogen) atoms. The number of fused-ring (bicyclic) bond motifs is 1. The van der Waals surface area contributed by atoms with Crippen LogP contribution in [0, 0.1) is 13.8 Å². The number of benzene rings is 3. The Kier molecular flexibility index (Phi) is 5.90. The lowest BCUT2D eigenvalue weighted by molar-refractivity contribution is -0.136. The zero-order chi connectivity index (χ0) is 22.3. The second-order valence-corrected chi connectivity index (χ2v) is 9.78. The van der Waals surface area contributed by atoms with E-state index in [-0.39, 0.29) is 12.2 Å². The summed E-state index contributed by atoms with van der Waals surface area (Å²) in [6, 6.07) is 18.4. The molecule has 0 spiro atoms. The molecule has 0 saturated carbocycles. The summed E-state index contributed by atoms with van der Waals surface area (Å²) >= 11 is 6.79. The van der Waals surface area contributed by atoms with Crippen molar-refractivity contribution >= 4 is 49.2 Å². The highest BCUT2D eigenvalue weighted by Gasteiger charge is 2.51. The first kappa shape index (κ1) is 21.9. The van der Waals surface area contributed by atoms with Crippen LogP contribution in [-0.4, -0.2) is 16.8 Å². The number of halogens is 2. The molecule has 6 heteroatoms. The van der Waals surface area contributed by atoms with Gasteiger partial charge in [0.2, 0.25) is 0 Å². The number of aryl methyl sites for hydroxylation is 2. The number of nitrogens with zero attached hydrogens (tertiary/aromatic N) is 1. The minimum atomic E-state index is -1.92. The van der Waals surface area contributed by atoms with Crippen molar-refractivity contribution in [3.63, 3.8) is 0 Å². The largest absolute Gasteiger partial charge is 0.375 e. The number of Topliss-reactive ketones (excluding diaryl/α,β-unsaturated/α-hetero) is 1. The Balaban J connectivity index is 1.72. The topological polar surface area (TPSA) is 57.6 Å². The van der Waals surface area contributed by atoms with Crippen LogP contribution in [0.1, 0.15) is 39.0 Å². The average Bonchev–Trinajstić information content (AvgIpc) is 2.92. The molecule has 4 nitrogen and oxygen atoms in total. The standard InChI is InChI=1S/C25H21Br2NO3/c1-15-3-4-16(2)18(11-15)14-28-22-10-9-20(27)12-21(22)25(31,24(28)30)13-23(29)17-5-7-19(26)8-6-17/h3-12,31H,13-14H2,1-2H3/t25-/m1/s1. The number of rotatable bonds is 5. The van der Waals surface area contributed by atoms with Crippen molar-refractivity contribution in [3.05, 3.63) is 97.4 Å². The molecule has 1 heterocycles. The Bertz CT molecular complexity index is 1190. The van der Waals surface area contributed by atoms with E-state index in [9.17, 15) is 14.7 Å². The summed E-state index contributed by atoms with van der Waals surface area (Å²) in [5.74, 6) is -0.769. The van der Waals surface area contributed by atoms with E-state index in [0.717, 1.165) is 25.6 Å². The van der Waals surface area contributed by atoms with Crippen LogP contribution in [0.15, 0.2) is 69.6 Å². The second kappa shape index (κ2) is 8.34. The van der Waals surface area contributed by atoms with Gasteiger partial charge in [0.05, 0.1) is 18.7 Å². The number of hydrogen-bond donors (Lipinski definition) is 1. The van der Waals surface area contributed by atoms with Gasteiger partial charge < -0.3 is 10.0 Å². The van der Waals surface area contributed by atoms with E-state index in [1.165, 1.54) is 0 Å². The molecule has 0 bridgehead atoms. The van der Waals surface area contributed by atoms with Crippen LogP contribution in [0.3, 0.4) is 0 Å². The highest BCUT2D eigenvalue weighted by atomic mass is 79.9. The molecule has 1 atom stereocenters. The molecule has 0 radical (unpaired) electrons. The van der Waals surface area contributed by atoms with E-state index in [1.54, 1.807) is 35.2 Å². The third-order valence-electron chi connectivity index (χ3n) is 5.71. The summed E-state index contributed by atoms with van der Waals surface area (Å²) in [6.07, 6.45) is -0.319. The van der Waals surface area contributed by atoms with Gasteiger partial charge in [0.1, 0.15) is 0 Å². The maximum atomic E-state index is 13.5. The summed E-state index contributed by atoms with van der Waals surface area (Å²) in [4.78, 5) is 28.1. The first-order chi connectivity index (χ1) is 14.7. The number of anilines is 1. The quantitative estimate of drug-likeness (QED) is 0.412. The molecule has 0 fully saturated rings. The van der Waals surface area contributed by atoms with Gasteiger partial charge in [-0.05, 0) is 55.3 Å². The van der Waals surface area contributed by atoms with Crippen molar-refractivity contribution in [1.82, 2.24) is 0 Å². The molecule has 1 aliphatic heterocycles. The van der Waals surface area contributed by atoms with Crippen LogP contribution in [-0.2, 0) is 16.9 Å². The Labute approximate surface area is 198 Å². The highest BCUT2D eigenvalue weighted by Crippen LogP contribution is 2.45. The normalized spacial score (nSPS) is 17.7. The van der Waals surface area contributed by atoms with E-state index < -0.39 is 11.5 Å². The third-order valence-corrected chi connectivity index (χ3v) is 6.73. The van der Waals surface area contributed by atoms with Gasteiger partial charge >= 0.3 is 0 Å². The second-order valence-electron chi connectivity index (χ2n) is 7.95. The van der Waals surface area contributed by atoms with Crippen LogP contribution in [0.25, 0.3) is 0 Å². The van der Waals surface area contributed by atoms with Crippen molar-refractivity contribution in [3.8, 4) is 0 Å². The van der Waals surface area contributed by atoms with E-state index >= 15 is 0 Å². The smallest absolute Gasteiger partial charge is 0.264 e. The van der Waals surface area contributed by atoms with Gasteiger partial charge in [-0.15, -0.1) is 0 Å². The highest BCUT2D eigenvalue weighted by molar-refractivity contribution is 9.10. The SMILES string of the molecule is Cc1ccc(C)c(CN2C(=O)[C@@](O)(CC(=O)c3ccc(Br)cc3)c3cc(Br)ccc32)c1. The van der Waals surface area contributed by atoms with Crippen molar-refractivity contribution < 1.29 is 14.7 Å². The van der Waals surface area contributed by atoms with Crippen LogP contribution in [0.5, 0.6) is 0 Å². The number of aliphatic hydroxyl groups is 1. The fraction of sp³-hybridized carbons (Fsp3) is 0.200. The van der Waals surface area contributed by atoms with E-state index in [1.807, 2.05) is 44.2 Å². The van der Waals surface area contributed by atoms with Crippen molar-refractivity contribution in [1.29, 1.82) is 0 Å². The minimum absolute atomic E-state index is 0.289. The third kappa shape index (κ3) is 4.12. The van der Waals surface area contributed by atoms with Crippen LogP contribution < -0.4 is 4.90 Å². The van der Waals surface area contributed by atoms with Crippen LogP contribution >= 0.6 is 31.9 Å². The van der Waals surface area contributed by atoms with Gasteiger partial charge in [-0.1, -0.05) is 67.8 Å². The predicted molar refractivity (Wildman–Crippen MR) is 128 cm³/mol. The van der Waals surface area contributed by atoms with Gasteiger partial charge in [-0.2, -0.15) is 0 Å². The molecule has 0 aliphatic carbocycles. The summed E-state index contributed by atoms with van der Waals surface area (Å²) in [7, 11) is 0. The number of carbonyl (C=O) groups is 2. The molecule has 0 unspecified atom stereocenters. The maximum Gasteiger partial charge on any atom is 0.264 e. The van der Waals surface area contributed by atoms with Gasteiger partial charge in [-0.3, -0.25) is 9.59 Å². The first-order valence-corrected chi connectivity index (χ1v) is 11.5. The monoisotopic (exact) mass is 541 g/mol. The lowest BCUT2D eigenvalue weighted by Gasteiger charge is -2.23. The van der Waals surface area contributed by atoms with E-state index in [4.69, 9.17) is 0 Å². The fourth-order valence-electron chi connectivity index (χ4n) is 3.96. The lowest BCUT2D eigenvalue weighted by Crippen LogP contribution is -2.41. The summed E-state index contributed by atoms with van der Waals surface area (Å²) < 4.78 is 1.59. The lowest BCUT2D eigenvalue weighted by atomic mass is 9.88. The Morgan fingerprint density at radius 2 is 1.65 bits per heavy atom. The van der Waals surface area contributed by atoms with E-state index in [0.29, 0.717) is 23.4 Å². The summed E-state index contributed by atoms with van der Waals surface area (Å²) in [5, 5.41) is 11.6. The first-order valence-electron chi connectivity index (χ1n) is 9.88. The van der Waals surface area contributed by atoms with Crippen molar-refractivity contribution in [2.45, 2.75) is 32.4 Å². The molecule has 158 valence electrons. The van der Waals surface area contributed by atoms with Gasteiger partial charge in [0.15, 0.2) is 11.4 Å². The van der Waals surface area contributed by atoms with Crippen molar-refractivity contribution in [2.75, 3.05) is 4.90 Å². The zero-order valence-electron chi connectivity index (χ0n) is 17.2. The van der Waals surface area contributed by atoms with Crippen molar-refractivity contribution in [2.24, 2.45) is 0 Å². The van der Waals surface area contributed by atoms with Crippen LogP contribution in [0.4, 0.5) is 5.69 Å². The predicted octanol–water partition coefficient (Wildman–Crippen LogP) is 5.84. The van der Waals surface area contributed by atoms with Gasteiger partial charge in [-0.25, -0.2) is 0 Å². The van der Waals surface area contributed by atoms with Gasteiger partial charge in [0, 0.05) is 20.1 Å². The maximum absolute atomic E-state index is 13.5. The molecule has 4 rings (SSSR count). The number of amides is 1. The summed E-state index contributed by atoms with van der Waals surface area (Å²) in [6.45, 7) is 4.34. The molecule has 1 amide bonds. The zero-order valence-corrected chi connectivity index (χ0v) is 20.3. The molecule has 0 saturated heterocycles.